The van der Waals surface area contributed by atoms with Gasteiger partial charge in [-0.1, -0.05) is 0 Å². The first kappa shape index (κ1) is 9.90. The monoisotopic (exact) mass is 161 g/mol. The van der Waals surface area contributed by atoms with Crippen molar-refractivity contribution >= 4 is 11.9 Å². The largest absolute Gasteiger partial charge is 0.481 e. The third-order valence-corrected chi connectivity index (χ3v) is 0.779. The molecule has 0 bridgehead atoms. The van der Waals surface area contributed by atoms with Crippen LogP contribution < -0.4 is 0 Å². The molecule has 64 valence electrons. The first-order valence-corrected chi connectivity index (χ1v) is 3.04. The van der Waals surface area contributed by atoms with Crippen molar-refractivity contribution in [3.63, 3.8) is 0 Å². The second kappa shape index (κ2) is 4.68. The number of hydrogen-bond donors (Lipinski definition) is 1. The molecule has 0 aliphatic rings. The summed E-state index contributed by atoms with van der Waals surface area (Å²) in [6, 6.07) is 0. The van der Waals surface area contributed by atoms with Crippen molar-refractivity contribution in [2.45, 2.75) is 6.42 Å². The van der Waals surface area contributed by atoms with Gasteiger partial charge >= 0.3 is 11.9 Å². The minimum absolute atomic E-state index is 0.117. The zero-order valence-electron chi connectivity index (χ0n) is 6.53. The Hall–Kier alpha value is -1.10. The van der Waals surface area contributed by atoms with Crippen LogP contribution in [0, 0.1) is 0 Å². The number of carboxylic acids is 1. The summed E-state index contributed by atoms with van der Waals surface area (Å²) in [6.07, 6.45) is -0.576. The molecule has 0 aliphatic heterocycles. The molecule has 0 heterocycles. The number of carboxylic acid groups (broad SMARTS) is 1. The molecular formula is C6H11NO4. The molecule has 0 fully saturated rings. The Bertz CT molecular complexity index is 155. The number of ether oxygens (including phenoxy) is 1. The van der Waals surface area contributed by atoms with Crippen molar-refractivity contribution in [1.29, 1.82) is 0 Å². The maximum atomic E-state index is 10.5. The predicted molar refractivity (Wildman–Crippen MR) is 36.9 cm³/mol. The number of hydrogen-bond acceptors (Lipinski definition) is 4. The minimum Gasteiger partial charge on any atom is -0.481 e. The van der Waals surface area contributed by atoms with Gasteiger partial charge in [-0.3, -0.25) is 14.5 Å². The minimum atomic E-state index is -1.17. The molecule has 0 rings (SSSR count). The fraction of sp³-hybridized carbons (Fsp3) is 0.667. The van der Waals surface area contributed by atoms with Crippen LogP contribution in [0.4, 0.5) is 0 Å². The first-order valence-electron chi connectivity index (χ1n) is 3.04. The first-order chi connectivity index (χ1) is 5.02. The maximum Gasteiger partial charge on any atom is 0.318 e. The average Bonchev–Trinajstić information content (AvgIpc) is 1.82. The maximum absolute atomic E-state index is 10.5. The fourth-order valence-corrected chi connectivity index (χ4v) is 0.376. The van der Waals surface area contributed by atoms with Crippen LogP contribution in [0.1, 0.15) is 6.42 Å². The molecule has 0 atom stereocenters. The van der Waals surface area contributed by atoms with E-state index in [-0.39, 0.29) is 6.73 Å². The van der Waals surface area contributed by atoms with E-state index in [1.165, 1.54) is 0 Å². The second-order valence-corrected chi connectivity index (χ2v) is 2.30. The Kier molecular flexibility index (Phi) is 4.21. The van der Waals surface area contributed by atoms with E-state index in [2.05, 4.69) is 4.74 Å². The quantitative estimate of drug-likeness (QED) is 0.343. The van der Waals surface area contributed by atoms with E-state index in [0.717, 1.165) is 0 Å². The van der Waals surface area contributed by atoms with E-state index < -0.39 is 18.4 Å². The molecular weight excluding hydrogens is 150 g/mol. The standard InChI is InChI=1S/C6H11NO4/c1-7(2)4-11-6(10)3-5(8)9/h3-4H2,1-2H3,(H,8,9). The number of rotatable bonds is 4. The van der Waals surface area contributed by atoms with Crippen molar-refractivity contribution in [1.82, 2.24) is 4.90 Å². The van der Waals surface area contributed by atoms with Gasteiger partial charge in [-0.05, 0) is 14.1 Å². The van der Waals surface area contributed by atoms with Gasteiger partial charge in [0.2, 0.25) is 0 Å². The van der Waals surface area contributed by atoms with Crippen LogP contribution in [0.2, 0.25) is 0 Å². The SMILES string of the molecule is CN(C)COC(=O)CC(=O)O. The summed E-state index contributed by atoms with van der Waals surface area (Å²) in [5, 5.41) is 8.13. The van der Waals surface area contributed by atoms with Gasteiger partial charge < -0.3 is 9.84 Å². The molecule has 1 N–H and O–H groups in total. The second-order valence-electron chi connectivity index (χ2n) is 2.30. The molecule has 0 aromatic heterocycles. The highest BCUT2D eigenvalue weighted by Crippen LogP contribution is 1.86. The number of carbonyl (C=O) groups is 2. The summed E-state index contributed by atoms with van der Waals surface area (Å²) >= 11 is 0. The van der Waals surface area contributed by atoms with E-state index in [1.807, 2.05) is 0 Å². The van der Waals surface area contributed by atoms with Crippen LogP contribution in [0.5, 0.6) is 0 Å². The van der Waals surface area contributed by atoms with Crippen molar-refractivity contribution in [3.05, 3.63) is 0 Å². The summed E-state index contributed by atoms with van der Waals surface area (Å²) in [7, 11) is 3.43. The lowest BCUT2D eigenvalue weighted by Gasteiger charge is -2.08. The highest BCUT2D eigenvalue weighted by molar-refractivity contribution is 5.90. The van der Waals surface area contributed by atoms with Gasteiger partial charge in [0.25, 0.3) is 0 Å². The Morgan fingerprint density at radius 1 is 1.45 bits per heavy atom. The van der Waals surface area contributed by atoms with Gasteiger partial charge in [-0.15, -0.1) is 0 Å². The van der Waals surface area contributed by atoms with Crippen LogP contribution in [-0.4, -0.2) is 42.8 Å². The molecule has 0 saturated carbocycles. The molecule has 0 aliphatic carbocycles. The fourth-order valence-electron chi connectivity index (χ4n) is 0.376. The third kappa shape index (κ3) is 6.79. The molecule has 0 amide bonds. The smallest absolute Gasteiger partial charge is 0.318 e. The van der Waals surface area contributed by atoms with Gasteiger partial charge in [0.05, 0.1) is 0 Å². The molecule has 0 spiro atoms. The molecule has 0 radical (unpaired) electrons. The van der Waals surface area contributed by atoms with Crippen LogP contribution in [0.25, 0.3) is 0 Å². The third-order valence-electron chi connectivity index (χ3n) is 0.779. The van der Waals surface area contributed by atoms with E-state index in [1.54, 1.807) is 19.0 Å². The molecule has 5 heteroatoms. The lowest BCUT2D eigenvalue weighted by atomic mass is 10.4. The molecule has 5 nitrogen and oxygen atoms in total. The molecule has 0 unspecified atom stereocenters. The number of carbonyl (C=O) groups excluding carboxylic acids is 1. The average molecular weight is 161 g/mol. The van der Waals surface area contributed by atoms with Crippen LogP contribution in [0.3, 0.4) is 0 Å². The number of esters is 1. The zero-order chi connectivity index (χ0) is 8.85. The van der Waals surface area contributed by atoms with Crippen molar-refractivity contribution in [2.24, 2.45) is 0 Å². The van der Waals surface area contributed by atoms with Gasteiger partial charge in [-0.2, -0.15) is 0 Å². The summed E-state index contributed by atoms with van der Waals surface area (Å²) in [6.45, 7) is 0.117. The number of aliphatic carboxylic acids is 1. The van der Waals surface area contributed by atoms with Crippen LogP contribution >= 0.6 is 0 Å². The Balaban J connectivity index is 3.46. The number of nitrogens with zero attached hydrogens (tertiary/aromatic N) is 1. The normalized spacial score (nSPS) is 9.73. The van der Waals surface area contributed by atoms with E-state index >= 15 is 0 Å². The molecule has 11 heavy (non-hydrogen) atoms. The van der Waals surface area contributed by atoms with Gasteiger partial charge in [0.1, 0.15) is 13.2 Å². The van der Waals surface area contributed by atoms with E-state index in [4.69, 9.17) is 5.11 Å². The van der Waals surface area contributed by atoms with Crippen LogP contribution in [-0.2, 0) is 14.3 Å². The highest BCUT2D eigenvalue weighted by atomic mass is 16.5. The Morgan fingerprint density at radius 2 is 2.00 bits per heavy atom. The van der Waals surface area contributed by atoms with E-state index in [0.29, 0.717) is 0 Å². The summed E-state index contributed by atoms with van der Waals surface area (Å²) < 4.78 is 4.52. The zero-order valence-corrected chi connectivity index (χ0v) is 6.53. The van der Waals surface area contributed by atoms with Crippen molar-refractivity contribution in [3.8, 4) is 0 Å². The van der Waals surface area contributed by atoms with Gasteiger partial charge in [0, 0.05) is 0 Å². The van der Waals surface area contributed by atoms with Gasteiger partial charge in [-0.25, -0.2) is 0 Å². The molecule has 0 saturated heterocycles. The lowest BCUT2D eigenvalue weighted by molar-refractivity contribution is -0.153. The Morgan fingerprint density at radius 3 is 2.36 bits per heavy atom. The van der Waals surface area contributed by atoms with Crippen LogP contribution in [0.15, 0.2) is 0 Å². The van der Waals surface area contributed by atoms with Crippen molar-refractivity contribution < 1.29 is 19.4 Å². The van der Waals surface area contributed by atoms with E-state index in [9.17, 15) is 9.59 Å². The molecule has 0 aromatic rings. The van der Waals surface area contributed by atoms with Crippen molar-refractivity contribution in [2.75, 3.05) is 20.8 Å². The summed E-state index contributed by atoms with van der Waals surface area (Å²) in [4.78, 5) is 22.1. The lowest BCUT2D eigenvalue weighted by Crippen LogP contribution is -2.20. The summed E-state index contributed by atoms with van der Waals surface area (Å²) in [5.74, 6) is -1.89. The highest BCUT2D eigenvalue weighted by Gasteiger charge is 2.08. The summed E-state index contributed by atoms with van der Waals surface area (Å²) in [5.41, 5.74) is 0. The topological polar surface area (TPSA) is 66.8 Å². The predicted octanol–water partition coefficient (Wildman–Crippen LogP) is -0.477. The Labute approximate surface area is 64.6 Å². The van der Waals surface area contributed by atoms with Gasteiger partial charge in [0.15, 0.2) is 0 Å². The molecule has 0 aromatic carbocycles.